The van der Waals surface area contributed by atoms with Crippen molar-refractivity contribution in [3.05, 3.63) is 90.8 Å². The predicted octanol–water partition coefficient (Wildman–Crippen LogP) is 5.89. The fourth-order valence-corrected chi connectivity index (χ4v) is 4.38. The number of rotatable bonds is 5. The van der Waals surface area contributed by atoms with Crippen LogP contribution in [0.25, 0.3) is 33.0 Å². The molecule has 1 aromatic heterocycles. The molecule has 0 spiro atoms. The van der Waals surface area contributed by atoms with Gasteiger partial charge in [0.1, 0.15) is 5.04 Å². The van der Waals surface area contributed by atoms with Crippen LogP contribution in [0, 0.1) is 0 Å². The molecule has 0 saturated heterocycles. The second-order valence-corrected chi connectivity index (χ2v) is 8.55. The lowest BCUT2D eigenvalue weighted by Crippen LogP contribution is -2.05. The predicted molar refractivity (Wildman–Crippen MR) is 131 cm³/mol. The molecule has 1 N–H and O–H groups in total. The first-order valence-corrected chi connectivity index (χ1v) is 11.2. The minimum Gasteiger partial charge on any atom is -0.481 e. The van der Waals surface area contributed by atoms with Gasteiger partial charge in [-0.3, -0.25) is 9.78 Å². The maximum absolute atomic E-state index is 10.9. The summed E-state index contributed by atoms with van der Waals surface area (Å²) in [4.78, 5) is 15.0. The molecule has 3 aromatic carbocycles. The van der Waals surface area contributed by atoms with Gasteiger partial charge in [-0.1, -0.05) is 48.2 Å². The van der Waals surface area contributed by atoms with Crippen molar-refractivity contribution in [2.75, 3.05) is 5.75 Å². The molecule has 0 saturated carbocycles. The van der Waals surface area contributed by atoms with Gasteiger partial charge in [-0.05, 0) is 75.0 Å². The van der Waals surface area contributed by atoms with E-state index in [2.05, 4.69) is 63.7 Å². The number of carboxylic acids is 1. The van der Waals surface area contributed by atoms with E-state index < -0.39 is 5.97 Å². The third-order valence-corrected chi connectivity index (χ3v) is 6.28. The fourth-order valence-electron chi connectivity index (χ4n) is 3.76. The maximum Gasteiger partial charge on any atom is 0.313 e. The van der Waals surface area contributed by atoms with Gasteiger partial charge in [-0.25, -0.2) is 0 Å². The molecule has 32 heavy (non-hydrogen) atoms. The van der Waals surface area contributed by atoms with Crippen LogP contribution in [-0.2, 0) is 4.79 Å². The zero-order valence-electron chi connectivity index (χ0n) is 17.1. The summed E-state index contributed by atoms with van der Waals surface area (Å²) in [5, 5.41) is 20.6. The Bertz CT molecular complexity index is 1380. The van der Waals surface area contributed by atoms with Crippen LogP contribution in [0.15, 0.2) is 95.4 Å². The summed E-state index contributed by atoms with van der Waals surface area (Å²) in [7, 11) is 0. The van der Waals surface area contributed by atoms with Crippen LogP contribution in [0.1, 0.15) is 12.0 Å². The monoisotopic (exact) mass is 437 g/mol. The van der Waals surface area contributed by atoms with Crippen LogP contribution < -0.4 is 0 Å². The number of thioether (sulfide) groups is 1. The van der Waals surface area contributed by atoms with Gasteiger partial charge in [-0.15, -0.1) is 5.10 Å². The summed E-state index contributed by atoms with van der Waals surface area (Å²) in [5.41, 5.74) is 6.19. The summed E-state index contributed by atoms with van der Waals surface area (Å²) in [5.74, 6) is -0.870. The first kappa shape index (κ1) is 20.2. The van der Waals surface area contributed by atoms with E-state index in [4.69, 9.17) is 5.11 Å². The number of fused-ring (bicyclic) bond motifs is 1. The molecule has 1 aliphatic rings. The number of aliphatic carboxylic acids is 1. The molecule has 1 aliphatic heterocycles. The van der Waals surface area contributed by atoms with Gasteiger partial charge < -0.3 is 5.11 Å². The van der Waals surface area contributed by atoms with E-state index in [9.17, 15) is 4.79 Å². The third kappa shape index (κ3) is 4.31. The average Bonchev–Trinajstić information content (AvgIpc) is 3.32. The largest absolute Gasteiger partial charge is 0.481 e. The molecule has 0 fully saturated rings. The zero-order chi connectivity index (χ0) is 21.9. The van der Waals surface area contributed by atoms with Crippen molar-refractivity contribution in [2.45, 2.75) is 6.42 Å². The second-order valence-electron chi connectivity index (χ2n) is 7.50. The number of pyridine rings is 1. The molecule has 6 heteroatoms. The van der Waals surface area contributed by atoms with E-state index in [1.165, 1.54) is 22.5 Å². The number of hydrogen-bond donors (Lipinski definition) is 1. The fraction of sp³-hybridized carbons (Fsp3) is 0.0769. The van der Waals surface area contributed by atoms with Gasteiger partial charge in [-0.2, -0.15) is 5.10 Å². The number of benzene rings is 3. The zero-order valence-corrected chi connectivity index (χ0v) is 17.9. The summed E-state index contributed by atoms with van der Waals surface area (Å²) in [6, 6.07) is 25.2. The molecule has 0 bridgehead atoms. The Morgan fingerprint density at radius 2 is 1.50 bits per heavy atom. The van der Waals surface area contributed by atoms with Crippen molar-refractivity contribution in [3.63, 3.8) is 0 Å². The third-order valence-electron chi connectivity index (χ3n) is 5.33. The van der Waals surface area contributed by atoms with Crippen molar-refractivity contribution in [3.8, 4) is 22.3 Å². The van der Waals surface area contributed by atoms with Crippen LogP contribution in [0.5, 0.6) is 0 Å². The van der Waals surface area contributed by atoms with Crippen LogP contribution in [0.2, 0.25) is 0 Å². The lowest BCUT2D eigenvalue weighted by molar-refractivity contribution is -0.133. The molecule has 156 valence electrons. The van der Waals surface area contributed by atoms with Crippen molar-refractivity contribution in [1.29, 1.82) is 0 Å². The number of aromatic nitrogens is 1. The lowest BCUT2D eigenvalue weighted by Gasteiger charge is -2.11. The highest BCUT2D eigenvalue weighted by molar-refractivity contribution is 8.14. The van der Waals surface area contributed by atoms with Crippen molar-refractivity contribution in [2.24, 2.45) is 10.2 Å². The summed E-state index contributed by atoms with van der Waals surface area (Å²) < 4.78 is 0. The number of nitrogens with zero attached hydrogens (tertiary/aromatic N) is 3. The quantitative estimate of drug-likeness (QED) is 0.422. The summed E-state index contributed by atoms with van der Waals surface area (Å²) in [6.07, 6.45) is 4.11. The van der Waals surface area contributed by atoms with Gasteiger partial charge in [0.05, 0.1) is 11.5 Å². The molecule has 5 nitrogen and oxygen atoms in total. The standard InChI is InChI=1S/C26H19N3O2S/c30-26(31)16-32-25-15-24(28-29-25)23-13-21(18-7-9-27-10-8-18)12-22(14-23)20-6-5-17-3-1-2-4-19(17)11-20/h1-14H,15-16H2,(H,30,31). The Labute approximate surface area is 189 Å². The van der Waals surface area contributed by atoms with E-state index in [0.717, 1.165) is 38.6 Å². The molecule has 0 radical (unpaired) electrons. The van der Waals surface area contributed by atoms with Crippen LogP contribution in [0.3, 0.4) is 0 Å². The minimum absolute atomic E-state index is 0.0129. The maximum atomic E-state index is 10.9. The second kappa shape index (κ2) is 8.77. The average molecular weight is 438 g/mol. The van der Waals surface area contributed by atoms with Gasteiger partial charge in [0.15, 0.2) is 0 Å². The normalized spacial score (nSPS) is 13.1. The SMILES string of the molecule is O=C(O)CSC1=NN=C(c2cc(-c3ccncc3)cc(-c3ccc4ccccc4c3)c2)C1. The minimum atomic E-state index is -0.857. The number of carbonyl (C=O) groups is 1. The smallest absolute Gasteiger partial charge is 0.313 e. The van der Waals surface area contributed by atoms with Gasteiger partial charge in [0.25, 0.3) is 0 Å². The molecule has 0 atom stereocenters. The van der Waals surface area contributed by atoms with Gasteiger partial charge in [0.2, 0.25) is 0 Å². The highest BCUT2D eigenvalue weighted by Gasteiger charge is 2.18. The molecule has 0 unspecified atom stereocenters. The highest BCUT2D eigenvalue weighted by Crippen LogP contribution is 2.31. The molecular weight excluding hydrogens is 418 g/mol. The first-order valence-electron chi connectivity index (χ1n) is 10.2. The Morgan fingerprint density at radius 3 is 2.28 bits per heavy atom. The van der Waals surface area contributed by atoms with E-state index in [1.807, 2.05) is 24.3 Å². The Morgan fingerprint density at radius 1 is 0.781 bits per heavy atom. The number of carboxylic acid groups (broad SMARTS) is 1. The van der Waals surface area contributed by atoms with E-state index in [1.54, 1.807) is 12.4 Å². The molecule has 4 aromatic rings. The van der Waals surface area contributed by atoms with Crippen molar-refractivity contribution in [1.82, 2.24) is 4.98 Å². The summed E-state index contributed by atoms with van der Waals surface area (Å²) in [6.45, 7) is 0. The van der Waals surface area contributed by atoms with Gasteiger partial charge >= 0.3 is 5.97 Å². The molecule has 0 aliphatic carbocycles. The van der Waals surface area contributed by atoms with Gasteiger partial charge in [0, 0.05) is 18.8 Å². The van der Waals surface area contributed by atoms with E-state index in [-0.39, 0.29) is 5.75 Å². The van der Waals surface area contributed by atoms with Crippen LogP contribution in [0.4, 0.5) is 0 Å². The topological polar surface area (TPSA) is 74.9 Å². The Hall–Kier alpha value is -3.77. The summed E-state index contributed by atoms with van der Waals surface area (Å²) >= 11 is 1.22. The van der Waals surface area contributed by atoms with Crippen molar-refractivity contribution < 1.29 is 9.90 Å². The van der Waals surface area contributed by atoms with E-state index in [0.29, 0.717) is 6.42 Å². The van der Waals surface area contributed by atoms with E-state index >= 15 is 0 Å². The molecular formula is C26H19N3O2S. The molecule has 2 heterocycles. The van der Waals surface area contributed by atoms with Crippen LogP contribution >= 0.6 is 11.8 Å². The highest BCUT2D eigenvalue weighted by atomic mass is 32.2. The lowest BCUT2D eigenvalue weighted by atomic mass is 9.93. The Kier molecular flexibility index (Phi) is 5.52. The molecule has 5 rings (SSSR count). The first-order chi connectivity index (χ1) is 15.7. The van der Waals surface area contributed by atoms with Crippen LogP contribution in [-0.4, -0.2) is 32.6 Å². The number of hydrogen-bond acceptors (Lipinski definition) is 5. The van der Waals surface area contributed by atoms with Crippen molar-refractivity contribution >= 4 is 39.3 Å². The Balaban J connectivity index is 1.54. The molecule has 0 amide bonds.